The molecular weight excluding hydrogens is 284 g/mol. The van der Waals surface area contributed by atoms with E-state index in [9.17, 15) is 0 Å². The molecule has 4 rings (SSSR count). The number of benzene rings is 2. The maximum Gasteiger partial charge on any atom is 0.119 e. The number of ether oxygens (including phenoxy) is 1. The molecule has 0 spiro atoms. The van der Waals surface area contributed by atoms with E-state index in [1.54, 1.807) is 7.11 Å². The van der Waals surface area contributed by atoms with E-state index in [0.717, 1.165) is 18.3 Å². The van der Waals surface area contributed by atoms with Gasteiger partial charge in [0.25, 0.3) is 0 Å². The van der Waals surface area contributed by atoms with Crippen molar-refractivity contribution in [2.45, 2.75) is 31.8 Å². The second-order valence-electron chi connectivity index (χ2n) is 6.62. The third-order valence-electron chi connectivity index (χ3n) is 5.34. The lowest BCUT2D eigenvalue weighted by molar-refractivity contribution is 0.288. The van der Waals surface area contributed by atoms with E-state index < -0.39 is 0 Å². The van der Waals surface area contributed by atoms with Crippen LogP contribution in [0.15, 0.2) is 42.5 Å². The molecule has 1 aliphatic heterocycles. The lowest BCUT2D eigenvalue weighted by Gasteiger charge is -2.20. The van der Waals surface area contributed by atoms with Crippen LogP contribution < -0.4 is 4.74 Å². The Morgan fingerprint density at radius 3 is 2.70 bits per heavy atom. The molecule has 0 aliphatic carbocycles. The number of nitrogens with zero attached hydrogens (tertiary/aromatic N) is 2. The Labute approximate surface area is 137 Å². The van der Waals surface area contributed by atoms with Crippen LogP contribution in [-0.2, 0) is 6.54 Å². The van der Waals surface area contributed by atoms with Crippen molar-refractivity contribution >= 4 is 21.8 Å². The van der Waals surface area contributed by atoms with Crippen molar-refractivity contribution in [3.05, 3.63) is 42.5 Å². The summed E-state index contributed by atoms with van der Waals surface area (Å²) < 4.78 is 7.90. The zero-order valence-electron chi connectivity index (χ0n) is 14.0. The Kier molecular flexibility index (Phi) is 3.74. The van der Waals surface area contributed by atoms with Gasteiger partial charge in [-0.05, 0) is 57.1 Å². The van der Waals surface area contributed by atoms with Gasteiger partial charge < -0.3 is 14.2 Å². The van der Waals surface area contributed by atoms with E-state index in [0.29, 0.717) is 0 Å². The molecule has 0 bridgehead atoms. The Balaban J connectivity index is 1.77. The van der Waals surface area contributed by atoms with Crippen LogP contribution in [-0.4, -0.2) is 36.2 Å². The largest absolute Gasteiger partial charge is 0.497 e. The SMILES string of the molecule is COc1ccc2c(c1)c1ccccc1n2CCC1CCCN1C. The van der Waals surface area contributed by atoms with Crippen molar-refractivity contribution in [2.24, 2.45) is 0 Å². The highest BCUT2D eigenvalue weighted by Crippen LogP contribution is 2.32. The van der Waals surface area contributed by atoms with Crippen LogP contribution in [0.5, 0.6) is 5.75 Å². The van der Waals surface area contributed by atoms with E-state index in [2.05, 4.69) is 59.0 Å². The minimum Gasteiger partial charge on any atom is -0.497 e. The summed E-state index contributed by atoms with van der Waals surface area (Å²) in [5.41, 5.74) is 2.64. The summed E-state index contributed by atoms with van der Waals surface area (Å²) in [6.07, 6.45) is 3.89. The third kappa shape index (κ3) is 2.49. The fourth-order valence-electron chi connectivity index (χ4n) is 4.02. The monoisotopic (exact) mass is 308 g/mol. The van der Waals surface area contributed by atoms with Crippen molar-refractivity contribution in [1.29, 1.82) is 0 Å². The number of aromatic nitrogens is 1. The number of aryl methyl sites for hydroxylation is 1. The standard InChI is InChI=1S/C20H24N2O/c1-21-12-5-6-15(21)11-13-22-19-8-4-3-7-17(19)18-14-16(23-2)9-10-20(18)22/h3-4,7-10,14-15H,5-6,11-13H2,1-2H3. The molecule has 3 aromatic rings. The Morgan fingerprint density at radius 1 is 1.09 bits per heavy atom. The highest BCUT2D eigenvalue weighted by molar-refractivity contribution is 6.08. The quantitative estimate of drug-likeness (QED) is 0.715. The fraction of sp³-hybridized carbons (Fsp3) is 0.400. The van der Waals surface area contributed by atoms with Gasteiger partial charge in [-0.15, -0.1) is 0 Å². The van der Waals surface area contributed by atoms with Crippen molar-refractivity contribution in [2.75, 3.05) is 20.7 Å². The van der Waals surface area contributed by atoms with Gasteiger partial charge in [-0.1, -0.05) is 18.2 Å². The number of methoxy groups -OCH3 is 1. The molecule has 2 heterocycles. The summed E-state index contributed by atoms with van der Waals surface area (Å²) in [6, 6.07) is 15.9. The van der Waals surface area contributed by atoms with Gasteiger partial charge in [-0.3, -0.25) is 0 Å². The summed E-state index contributed by atoms with van der Waals surface area (Å²) in [7, 11) is 3.99. The second-order valence-corrected chi connectivity index (χ2v) is 6.62. The number of rotatable bonds is 4. The normalized spacial score (nSPS) is 19.0. The van der Waals surface area contributed by atoms with Crippen molar-refractivity contribution < 1.29 is 4.74 Å². The lowest BCUT2D eigenvalue weighted by atomic mass is 10.1. The highest BCUT2D eigenvalue weighted by atomic mass is 16.5. The maximum absolute atomic E-state index is 5.42. The molecule has 0 N–H and O–H groups in total. The van der Waals surface area contributed by atoms with Crippen LogP contribution in [0.25, 0.3) is 21.8 Å². The predicted octanol–water partition coefficient (Wildman–Crippen LogP) is 4.29. The molecule has 1 saturated heterocycles. The van der Waals surface area contributed by atoms with E-state index in [1.807, 2.05) is 0 Å². The number of likely N-dealkylation sites (tertiary alicyclic amines) is 1. The van der Waals surface area contributed by atoms with Gasteiger partial charge in [-0.2, -0.15) is 0 Å². The molecule has 1 atom stereocenters. The van der Waals surface area contributed by atoms with Crippen LogP contribution in [0.1, 0.15) is 19.3 Å². The van der Waals surface area contributed by atoms with E-state index in [-0.39, 0.29) is 0 Å². The first kappa shape index (κ1) is 14.6. The van der Waals surface area contributed by atoms with Crippen molar-refractivity contribution in [1.82, 2.24) is 9.47 Å². The Bertz CT molecular complexity index is 836. The van der Waals surface area contributed by atoms with Crippen LogP contribution in [0.3, 0.4) is 0 Å². The first-order valence-corrected chi connectivity index (χ1v) is 8.53. The summed E-state index contributed by atoms with van der Waals surface area (Å²) in [6.45, 7) is 2.32. The molecule has 0 radical (unpaired) electrons. The summed E-state index contributed by atoms with van der Waals surface area (Å²) in [5.74, 6) is 0.927. The molecule has 0 saturated carbocycles. The molecule has 1 aliphatic rings. The summed E-state index contributed by atoms with van der Waals surface area (Å²) in [4.78, 5) is 2.51. The van der Waals surface area contributed by atoms with E-state index in [4.69, 9.17) is 4.74 Å². The number of para-hydroxylation sites is 1. The molecule has 23 heavy (non-hydrogen) atoms. The van der Waals surface area contributed by atoms with Crippen LogP contribution in [0.2, 0.25) is 0 Å². The van der Waals surface area contributed by atoms with Crippen LogP contribution >= 0.6 is 0 Å². The third-order valence-corrected chi connectivity index (χ3v) is 5.34. The minimum atomic E-state index is 0.726. The van der Waals surface area contributed by atoms with Gasteiger partial charge in [0.1, 0.15) is 5.75 Å². The van der Waals surface area contributed by atoms with Gasteiger partial charge in [0.05, 0.1) is 7.11 Å². The van der Waals surface area contributed by atoms with Crippen molar-refractivity contribution in [3.63, 3.8) is 0 Å². The topological polar surface area (TPSA) is 17.4 Å². The summed E-state index contributed by atoms with van der Waals surface area (Å²) >= 11 is 0. The average molecular weight is 308 g/mol. The zero-order valence-corrected chi connectivity index (χ0v) is 14.0. The first-order valence-electron chi connectivity index (χ1n) is 8.53. The molecular formula is C20H24N2O. The van der Waals surface area contributed by atoms with E-state index in [1.165, 1.54) is 47.6 Å². The predicted molar refractivity (Wildman–Crippen MR) is 96.3 cm³/mol. The van der Waals surface area contributed by atoms with Crippen LogP contribution in [0.4, 0.5) is 0 Å². The lowest BCUT2D eigenvalue weighted by Crippen LogP contribution is -2.26. The average Bonchev–Trinajstić information content (AvgIpc) is 3.14. The molecule has 3 nitrogen and oxygen atoms in total. The number of hydrogen-bond donors (Lipinski definition) is 0. The van der Waals surface area contributed by atoms with Gasteiger partial charge >= 0.3 is 0 Å². The smallest absolute Gasteiger partial charge is 0.119 e. The highest BCUT2D eigenvalue weighted by Gasteiger charge is 2.21. The van der Waals surface area contributed by atoms with Crippen LogP contribution in [0, 0.1) is 0 Å². The van der Waals surface area contributed by atoms with Gasteiger partial charge in [-0.25, -0.2) is 0 Å². The number of fused-ring (bicyclic) bond motifs is 3. The van der Waals surface area contributed by atoms with Gasteiger partial charge in [0.15, 0.2) is 0 Å². The maximum atomic E-state index is 5.42. The molecule has 2 aromatic carbocycles. The van der Waals surface area contributed by atoms with E-state index >= 15 is 0 Å². The van der Waals surface area contributed by atoms with Gasteiger partial charge in [0.2, 0.25) is 0 Å². The molecule has 1 unspecified atom stereocenters. The molecule has 120 valence electrons. The molecule has 1 aromatic heterocycles. The Hall–Kier alpha value is -2.00. The second kappa shape index (κ2) is 5.89. The summed E-state index contributed by atoms with van der Waals surface area (Å²) in [5, 5.41) is 2.61. The van der Waals surface area contributed by atoms with Gasteiger partial charge in [0, 0.05) is 34.4 Å². The molecule has 0 amide bonds. The Morgan fingerprint density at radius 2 is 1.91 bits per heavy atom. The molecule has 1 fully saturated rings. The molecule has 3 heteroatoms. The van der Waals surface area contributed by atoms with Crippen molar-refractivity contribution in [3.8, 4) is 5.75 Å². The first-order chi connectivity index (χ1) is 11.3. The number of hydrogen-bond acceptors (Lipinski definition) is 2. The zero-order chi connectivity index (χ0) is 15.8. The fourth-order valence-corrected chi connectivity index (χ4v) is 4.02. The minimum absolute atomic E-state index is 0.726.